The fourth-order valence-electron chi connectivity index (χ4n) is 3.20. The van der Waals surface area contributed by atoms with E-state index in [2.05, 4.69) is 20.0 Å². The number of ether oxygens (including phenoxy) is 2. The third-order valence-electron chi connectivity index (χ3n) is 5.03. The molecule has 0 atom stereocenters. The monoisotopic (exact) mass is 471 g/mol. The van der Waals surface area contributed by atoms with Gasteiger partial charge < -0.3 is 9.47 Å². The van der Waals surface area contributed by atoms with Gasteiger partial charge in [-0.25, -0.2) is 17.5 Å². The molecule has 0 bridgehead atoms. The average Bonchev–Trinajstić information content (AvgIpc) is 3.21. The first-order chi connectivity index (χ1) is 15.8. The van der Waals surface area contributed by atoms with Crippen LogP contribution in [0.4, 0.5) is 4.39 Å². The Labute approximate surface area is 190 Å². The number of fused-ring (bicyclic) bond motifs is 1. The molecule has 4 rings (SSSR count). The molecule has 33 heavy (non-hydrogen) atoms. The fourth-order valence-corrected chi connectivity index (χ4v) is 4.45. The summed E-state index contributed by atoms with van der Waals surface area (Å²) in [6.45, 7) is 3.76. The van der Waals surface area contributed by atoms with Gasteiger partial charge in [-0.05, 0) is 55.3 Å². The van der Waals surface area contributed by atoms with E-state index in [4.69, 9.17) is 9.47 Å². The molecule has 1 N–H and O–H groups in total. The highest BCUT2D eigenvalue weighted by Crippen LogP contribution is 2.27. The zero-order chi connectivity index (χ0) is 23.6. The molecule has 11 heteroatoms. The van der Waals surface area contributed by atoms with Crippen LogP contribution in [-0.4, -0.2) is 48.5 Å². The first-order valence-corrected chi connectivity index (χ1v) is 11.5. The molecule has 2 heterocycles. The van der Waals surface area contributed by atoms with Crippen molar-refractivity contribution in [3.63, 3.8) is 0 Å². The third-order valence-corrected chi connectivity index (χ3v) is 6.52. The van der Waals surface area contributed by atoms with Crippen molar-refractivity contribution in [1.82, 2.24) is 24.5 Å². The van der Waals surface area contributed by atoms with Crippen LogP contribution >= 0.6 is 0 Å². The van der Waals surface area contributed by atoms with Gasteiger partial charge in [-0.2, -0.15) is 4.52 Å². The lowest BCUT2D eigenvalue weighted by molar-refractivity contribution is 0.305. The van der Waals surface area contributed by atoms with Crippen molar-refractivity contribution in [2.75, 3.05) is 20.3 Å². The Kier molecular flexibility index (Phi) is 6.25. The molecule has 2 aromatic heterocycles. The highest BCUT2D eigenvalue weighted by atomic mass is 32.2. The van der Waals surface area contributed by atoms with E-state index in [-0.39, 0.29) is 29.7 Å². The van der Waals surface area contributed by atoms with Gasteiger partial charge in [0.2, 0.25) is 15.9 Å². The van der Waals surface area contributed by atoms with Gasteiger partial charge in [0.15, 0.2) is 11.5 Å². The fraction of sp³-hybridized carbons (Fsp3) is 0.227. The molecule has 9 nitrogen and oxygen atoms in total. The van der Waals surface area contributed by atoms with Crippen LogP contribution in [0.1, 0.15) is 11.1 Å². The standard InChI is InChI=1S/C22H22FN5O4S/c1-14-11-18(31-3)19(12-15(14)2)33(29,30)24-9-10-32-21-8-7-20-25-26-22(28(20)27-21)16-5-4-6-17(23)13-16/h4-8,11-13,24H,9-10H2,1-3H3. The summed E-state index contributed by atoms with van der Waals surface area (Å²) in [5.74, 6) is 0.473. The largest absolute Gasteiger partial charge is 0.495 e. The maximum Gasteiger partial charge on any atom is 0.244 e. The minimum atomic E-state index is -3.81. The maximum absolute atomic E-state index is 13.6. The van der Waals surface area contributed by atoms with E-state index in [9.17, 15) is 12.8 Å². The lowest BCUT2D eigenvalue weighted by atomic mass is 10.1. The Hall–Kier alpha value is -3.57. The van der Waals surface area contributed by atoms with Gasteiger partial charge >= 0.3 is 0 Å². The average molecular weight is 472 g/mol. The van der Waals surface area contributed by atoms with E-state index < -0.39 is 15.8 Å². The van der Waals surface area contributed by atoms with E-state index in [1.807, 2.05) is 13.8 Å². The molecule has 0 aliphatic heterocycles. The minimum absolute atomic E-state index is 0.0110. The molecule has 0 aliphatic rings. The summed E-state index contributed by atoms with van der Waals surface area (Å²) >= 11 is 0. The van der Waals surface area contributed by atoms with Gasteiger partial charge in [-0.3, -0.25) is 0 Å². The Balaban J connectivity index is 1.45. The molecule has 0 fully saturated rings. The van der Waals surface area contributed by atoms with Gasteiger partial charge in [-0.15, -0.1) is 15.3 Å². The van der Waals surface area contributed by atoms with Crippen molar-refractivity contribution in [3.05, 3.63) is 65.5 Å². The van der Waals surface area contributed by atoms with Gasteiger partial charge in [0.05, 0.1) is 7.11 Å². The number of benzene rings is 2. The molecule has 2 aromatic carbocycles. The third kappa shape index (κ3) is 4.78. The lowest BCUT2D eigenvalue weighted by Crippen LogP contribution is -2.29. The summed E-state index contributed by atoms with van der Waals surface area (Å²) in [5, 5.41) is 12.4. The quantitative estimate of drug-likeness (QED) is 0.394. The van der Waals surface area contributed by atoms with Crippen LogP contribution in [0.5, 0.6) is 11.6 Å². The molecule has 0 aliphatic carbocycles. The number of aromatic nitrogens is 4. The Bertz CT molecular complexity index is 1420. The second-order valence-corrected chi connectivity index (χ2v) is 9.04. The van der Waals surface area contributed by atoms with Gasteiger partial charge in [0.25, 0.3) is 0 Å². The summed E-state index contributed by atoms with van der Waals surface area (Å²) in [6.07, 6.45) is 0. The second kappa shape index (κ2) is 9.12. The number of hydrogen-bond acceptors (Lipinski definition) is 7. The summed E-state index contributed by atoms with van der Waals surface area (Å²) < 4.78 is 53.9. The molecular weight excluding hydrogens is 449 g/mol. The van der Waals surface area contributed by atoms with Crippen LogP contribution in [0.25, 0.3) is 17.0 Å². The van der Waals surface area contributed by atoms with Gasteiger partial charge in [-0.1, -0.05) is 12.1 Å². The van der Waals surface area contributed by atoms with Crippen LogP contribution < -0.4 is 14.2 Å². The van der Waals surface area contributed by atoms with Crippen LogP contribution in [0.15, 0.2) is 53.4 Å². The Morgan fingerprint density at radius 3 is 2.61 bits per heavy atom. The Morgan fingerprint density at radius 2 is 1.85 bits per heavy atom. The van der Waals surface area contributed by atoms with E-state index in [1.54, 1.807) is 36.4 Å². The lowest BCUT2D eigenvalue weighted by Gasteiger charge is -2.13. The highest BCUT2D eigenvalue weighted by molar-refractivity contribution is 7.89. The molecule has 0 saturated carbocycles. The maximum atomic E-state index is 13.6. The molecule has 0 saturated heterocycles. The molecule has 0 radical (unpaired) electrons. The predicted octanol–water partition coefficient (Wildman–Crippen LogP) is 2.91. The molecule has 0 amide bonds. The number of sulfonamides is 1. The second-order valence-electron chi connectivity index (χ2n) is 7.31. The normalized spacial score (nSPS) is 11.6. The summed E-state index contributed by atoms with van der Waals surface area (Å²) in [6, 6.07) is 12.5. The highest BCUT2D eigenvalue weighted by Gasteiger charge is 2.20. The van der Waals surface area contributed by atoms with Crippen LogP contribution in [0.3, 0.4) is 0 Å². The van der Waals surface area contributed by atoms with Crippen molar-refractivity contribution in [1.29, 1.82) is 0 Å². The zero-order valence-electron chi connectivity index (χ0n) is 18.2. The van der Waals surface area contributed by atoms with E-state index in [1.165, 1.54) is 23.8 Å². The van der Waals surface area contributed by atoms with Crippen molar-refractivity contribution >= 4 is 15.7 Å². The summed E-state index contributed by atoms with van der Waals surface area (Å²) in [5.41, 5.74) is 2.75. The first-order valence-electron chi connectivity index (χ1n) is 10.0. The van der Waals surface area contributed by atoms with E-state index in [0.717, 1.165) is 11.1 Å². The zero-order valence-corrected chi connectivity index (χ0v) is 19.1. The number of aryl methyl sites for hydroxylation is 2. The van der Waals surface area contributed by atoms with Gasteiger partial charge in [0.1, 0.15) is 23.1 Å². The topological polar surface area (TPSA) is 108 Å². The van der Waals surface area contributed by atoms with Crippen molar-refractivity contribution in [2.45, 2.75) is 18.7 Å². The predicted molar refractivity (Wildman–Crippen MR) is 119 cm³/mol. The number of nitrogens with zero attached hydrogens (tertiary/aromatic N) is 4. The van der Waals surface area contributed by atoms with Crippen molar-refractivity contribution in [3.8, 4) is 23.0 Å². The molecular formula is C22H22FN5O4S. The molecule has 0 unspecified atom stereocenters. The van der Waals surface area contributed by atoms with Crippen LogP contribution in [-0.2, 0) is 10.0 Å². The van der Waals surface area contributed by atoms with E-state index >= 15 is 0 Å². The summed E-state index contributed by atoms with van der Waals surface area (Å²) in [4.78, 5) is 0.0665. The molecule has 4 aromatic rings. The molecule has 172 valence electrons. The van der Waals surface area contributed by atoms with Gasteiger partial charge in [0, 0.05) is 18.2 Å². The van der Waals surface area contributed by atoms with Crippen LogP contribution in [0, 0.1) is 19.7 Å². The summed E-state index contributed by atoms with van der Waals surface area (Å²) in [7, 11) is -2.38. The van der Waals surface area contributed by atoms with Crippen LogP contribution in [0.2, 0.25) is 0 Å². The number of nitrogens with one attached hydrogen (secondary N) is 1. The van der Waals surface area contributed by atoms with Crippen molar-refractivity contribution < 1.29 is 22.3 Å². The number of methoxy groups -OCH3 is 1. The molecule has 0 spiro atoms. The SMILES string of the molecule is COc1cc(C)c(C)cc1S(=O)(=O)NCCOc1ccc2nnc(-c3cccc(F)c3)n2n1. The smallest absolute Gasteiger partial charge is 0.244 e. The number of halogens is 1. The van der Waals surface area contributed by atoms with Crippen molar-refractivity contribution in [2.24, 2.45) is 0 Å². The van der Waals surface area contributed by atoms with E-state index in [0.29, 0.717) is 17.0 Å². The number of rotatable bonds is 8. The number of hydrogen-bond donors (Lipinski definition) is 1. The first kappa shape index (κ1) is 22.6. The Morgan fingerprint density at radius 1 is 1.06 bits per heavy atom. The minimum Gasteiger partial charge on any atom is -0.495 e.